The van der Waals surface area contributed by atoms with Crippen molar-refractivity contribution in [2.24, 2.45) is 5.92 Å². The molecule has 0 aliphatic carbocycles. The number of nitrogens with one attached hydrogen (secondary N) is 1. The zero-order valence-corrected chi connectivity index (χ0v) is 18.0. The molecule has 2 aromatic rings. The lowest BCUT2D eigenvalue weighted by molar-refractivity contribution is -0.126. The summed E-state index contributed by atoms with van der Waals surface area (Å²) in [5.41, 5.74) is 0.971. The summed E-state index contributed by atoms with van der Waals surface area (Å²) in [5.74, 6) is -0.333. The van der Waals surface area contributed by atoms with E-state index in [2.05, 4.69) is 5.32 Å². The number of halogens is 1. The van der Waals surface area contributed by atoms with Gasteiger partial charge in [-0.05, 0) is 61.2 Å². The molecule has 2 aromatic carbocycles. The van der Waals surface area contributed by atoms with Crippen LogP contribution in [-0.2, 0) is 14.8 Å². The van der Waals surface area contributed by atoms with E-state index in [0.29, 0.717) is 25.8 Å². The maximum atomic E-state index is 13.2. The van der Waals surface area contributed by atoms with Crippen LogP contribution in [0.5, 0.6) is 5.75 Å². The van der Waals surface area contributed by atoms with Gasteiger partial charge in [0.15, 0.2) is 0 Å². The fourth-order valence-corrected chi connectivity index (χ4v) is 5.20. The maximum Gasteiger partial charge on any atom is 0.243 e. The van der Waals surface area contributed by atoms with Crippen LogP contribution in [0.25, 0.3) is 0 Å². The molecular weight excluding hydrogens is 407 g/mol. The summed E-state index contributed by atoms with van der Waals surface area (Å²) >= 11 is 0. The third-order valence-electron chi connectivity index (χ3n) is 5.45. The van der Waals surface area contributed by atoms with Gasteiger partial charge in [-0.25, -0.2) is 12.8 Å². The van der Waals surface area contributed by atoms with Gasteiger partial charge in [-0.15, -0.1) is 0 Å². The third kappa shape index (κ3) is 4.99. The van der Waals surface area contributed by atoms with E-state index in [9.17, 15) is 17.6 Å². The lowest BCUT2D eigenvalue weighted by atomic mass is 9.97. The van der Waals surface area contributed by atoms with Gasteiger partial charge in [-0.1, -0.05) is 19.1 Å². The normalized spacial score (nSPS) is 18.6. The minimum Gasteiger partial charge on any atom is -0.497 e. The zero-order chi connectivity index (χ0) is 21.7. The fourth-order valence-electron chi connectivity index (χ4n) is 3.68. The number of carbonyl (C=O) groups excluding carboxylic acids is 1. The predicted molar refractivity (Wildman–Crippen MR) is 112 cm³/mol. The highest BCUT2D eigenvalue weighted by Gasteiger charge is 2.34. The standard InChI is InChI=1S/C22H27FN2O4S/c1-3-21(16-6-10-19(29-2)11-7-16)24-22(26)17-5-4-14-25(15-17)30(27,28)20-12-8-18(23)9-13-20/h6-13,17,21H,3-5,14-15H2,1-2H3,(H,24,26)/t17-,21-/m1/s1. The minimum atomic E-state index is -3.77. The number of sulfonamides is 1. The molecule has 1 aliphatic heterocycles. The van der Waals surface area contributed by atoms with E-state index in [1.54, 1.807) is 7.11 Å². The first-order chi connectivity index (χ1) is 14.3. The van der Waals surface area contributed by atoms with E-state index in [1.807, 2.05) is 31.2 Å². The van der Waals surface area contributed by atoms with Crippen molar-refractivity contribution in [2.45, 2.75) is 37.1 Å². The van der Waals surface area contributed by atoms with Crippen LogP contribution in [0.4, 0.5) is 4.39 Å². The van der Waals surface area contributed by atoms with Gasteiger partial charge in [0.05, 0.1) is 24.0 Å². The molecule has 1 aliphatic rings. The summed E-state index contributed by atoms with van der Waals surface area (Å²) in [4.78, 5) is 12.9. The maximum absolute atomic E-state index is 13.2. The van der Waals surface area contributed by atoms with Crippen molar-refractivity contribution in [3.63, 3.8) is 0 Å². The Morgan fingerprint density at radius 1 is 1.20 bits per heavy atom. The van der Waals surface area contributed by atoms with Gasteiger partial charge in [0.1, 0.15) is 11.6 Å². The van der Waals surface area contributed by atoms with Gasteiger partial charge in [-0.2, -0.15) is 4.31 Å². The summed E-state index contributed by atoms with van der Waals surface area (Å²) in [6, 6.07) is 12.1. The summed E-state index contributed by atoms with van der Waals surface area (Å²) in [5, 5.41) is 3.06. The molecule has 1 fully saturated rings. The van der Waals surface area contributed by atoms with Crippen molar-refractivity contribution < 1.29 is 22.3 Å². The van der Waals surface area contributed by atoms with E-state index >= 15 is 0 Å². The fraction of sp³-hybridized carbons (Fsp3) is 0.409. The Bertz CT molecular complexity index is 962. The Kier molecular flexibility index (Phi) is 7.10. The molecule has 0 radical (unpaired) electrons. The molecular formula is C22H27FN2O4S. The first-order valence-corrected chi connectivity index (χ1v) is 11.5. The van der Waals surface area contributed by atoms with Crippen molar-refractivity contribution in [3.8, 4) is 5.75 Å². The second kappa shape index (κ2) is 9.57. The van der Waals surface area contributed by atoms with Crippen molar-refractivity contribution in [2.75, 3.05) is 20.2 Å². The molecule has 6 nitrogen and oxygen atoms in total. The molecule has 1 amide bonds. The average Bonchev–Trinajstić information content (AvgIpc) is 2.77. The highest BCUT2D eigenvalue weighted by Crippen LogP contribution is 2.26. The third-order valence-corrected chi connectivity index (χ3v) is 7.33. The van der Waals surface area contributed by atoms with Crippen LogP contribution in [0.15, 0.2) is 53.4 Å². The summed E-state index contributed by atoms with van der Waals surface area (Å²) < 4.78 is 45.4. The first kappa shape index (κ1) is 22.2. The van der Waals surface area contributed by atoms with Crippen molar-refractivity contribution in [1.29, 1.82) is 0 Å². The lowest BCUT2D eigenvalue weighted by Gasteiger charge is -2.32. The van der Waals surface area contributed by atoms with Gasteiger partial charge in [0, 0.05) is 13.1 Å². The van der Waals surface area contributed by atoms with E-state index in [1.165, 1.54) is 16.4 Å². The average molecular weight is 435 g/mol. The van der Waals surface area contributed by atoms with Crippen LogP contribution in [0.3, 0.4) is 0 Å². The van der Waals surface area contributed by atoms with E-state index in [-0.39, 0.29) is 23.4 Å². The quantitative estimate of drug-likeness (QED) is 0.724. The molecule has 8 heteroatoms. The summed E-state index contributed by atoms with van der Waals surface area (Å²) in [7, 11) is -2.17. The number of methoxy groups -OCH3 is 1. The van der Waals surface area contributed by atoms with Crippen LogP contribution in [0, 0.1) is 11.7 Å². The number of piperidine rings is 1. The molecule has 0 unspecified atom stereocenters. The number of amides is 1. The number of rotatable bonds is 7. The minimum absolute atomic E-state index is 0.0367. The molecule has 0 spiro atoms. The zero-order valence-electron chi connectivity index (χ0n) is 17.2. The number of carbonyl (C=O) groups is 1. The van der Waals surface area contributed by atoms with Crippen molar-refractivity contribution >= 4 is 15.9 Å². The van der Waals surface area contributed by atoms with Gasteiger partial charge < -0.3 is 10.1 Å². The summed E-state index contributed by atoms with van der Waals surface area (Å²) in [6.45, 7) is 2.45. The Morgan fingerprint density at radius 2 is 1.87 bits per heavy atom. The number of hydrogen-bond donors (Lipinski definition) is 1. The smallest absolute Gasteiger partial charge is 0.243 e. The van der Waals surface area contributed by atoms with Gasteiger partial charge in [-0.3, -0.25) is 4.79 Å². The number of benzene rings is 2. The molecule has 1 N–H and O–H groups in total. The van der Waals surface area contributed by atoms with Crippen LogP contribution < -0.4 is 10.1 Å². The van der Waals surface area contributed by atoms with Crippen molar-refractivity contribution in [3.05, 3.63) is 59.9 Å². The molecule has 30 heavy (non-hydrogen) atoms. The van der Waals surface area contributed by atoms with Gasteiger partial charge >= 0.3 is 0 Å². The first-order valence-electron chi connectivity index (χ1n) is 10.0. The highest BCUT2D eigenvalue weighted by molar-refractivity contribution is 7.89. The van der Waals surface area contributed by atoms with Crippen LogP contribution in [-0.4, -0.2) is 38.8 Å². The summed E-state index contributed by atoms with van der Waals surface area (Å²) in [6.07, 6.45) is 1.93. The number of hydrogen-bond acceptors (Lipinski definition) is 4. The SMILES string of the molecule is CC[C@@H](NC(=O)[C@@H]1CCCN(S(=O)(=O)c2ccc(F)cc2)C1)c1ccc(OC)cc1. The molecule has 1 heterocycles. The Balaban J connectivity index is 1.69. The largest absolute Gasteiger partial charge is 0.497 e. The highest BCUT2D eigenvalue weighted by atomic mass is 32.2. The molecule has 162 valence electrons. The second-order valence-electron chi connectivity index (χ2n) is 7.40. The number of ether oxygens (including phenoxy) is 1. The lowest BCUT2D eigenvalue weighted by Crippen LogP contribution is -2.46. The molecule has 3 rings (SSSR count). The molecule has 1 saturated heterocycles. The Labute approximate surface area is 177 Å². The second-order valence-corrected chi connectivity index (χ2v) is 9.34. The van der Waals surface area contributed by atoms with Crippen LogP contribution in [0.1, 0.15) is 37.8 Å². The van der Waals surface area contributed by atoms with Crippen molar-refractivity contribution in [1.82, 2.24) is 9.62 Å². The predicted octanol–water partition coefficient (Wildman–Crippen LogP) is 3.50. The van der Waals surface area contributed by atoms with E-state index in [4.69, 9.17) is 4.74 Å². The Morgan fingerprint density at radius 3 is 2.47 bits per heavy atom. The van der Waals surface area contributed by atoms with E-state index in [0.717, 1.165) is 23.4 Å². The molecule has 0 saturated carbocycles. The number of nitrogens with zero attached hydrogens (tertiary/aromatic N) is 1. The molecule has 2 atom stereocenters. The topological polar surface area (TPSA) is 75.7 Å². The monoisotopic (exact) mass is 434 g/mol. The van der Waals surface area contributed by atoms with Gasteiger partial charge in [0.25, 0.3) is 0 Å². The van der Waals surface area contributed by atoms with E-state index < -0.39 is 21.8 Å². The van der Waals surface area contributed by atoms with Crippen LogP contribution in [0.2, 0.25) is 0 Å². The van der Waals surface area contributed by atoms with Crippen LogP contribution >= 0.6 is 0 Å². The Hall–Kier alpha value is -2.45. The molecule has 0 bridgehead atoms. The van der Waals surface area contributed by atoms with Gasteiger partial charge in [0.2, 0.25) is 15.9 Å². The molecule has 0 aromatic heterocycles.